The number of oxazole rings is 1. The van der Waals surface area contributed by atoms with Crippen molar-refractivity contribution in [3.63, 3.8) is 0 Å². The highest BCUT2D eigenvalue weighted by atomic mass is 35.5. The Morgan fingerprint density at radius 1 is 1.48 bits per heavy atom. The van der Waals surface area contributed by atoms with Gasteiger partial charge in [-0.05, 0) is 25.3 Å². The minimum absolute atomic E-state index is 0. The number of nitrogens with zero attached hydrogens (tertiary/aromatic N) is 2. The summed E-state index contributed by atoms with van der Waals surface area (Å²) in [6.45, 7) is 8.31. The number of rotatable bonds is 3. The predicted molar refractivity (Wildman–Crippen MR) is 91.8 cm³/mol. The van der Waals surface area contributed by atoms with E-state index in [1.165, 1.54) is 0 Å². The molecule has 118 valence electrons. The summed E-state index contributed by atoms with van der Waals surface area (Å²) in [5.74, 6) is 1.68. The number of nitrogens with one attached hydrogen (secondary N) is 1. The highest BCUT2D eigenvalue weighted by Gasteiger charge is 2.21. The van der Waals surface area contributed by atoms with E-state index in [2.05, 4.69) is 27.5 Å². The molecule has 1 fully saturated rings. The smallest absolute Gasteiger partial charge is 0.227 e. The Morgan fingerprint density at radius 3 is 2.95 bits per heavy atom. The number of hydrogen-bond donors (Lipinski definition) is 1. The van der Waals surface area contributed by atoms with Crippen molar-refractivity contribution in [2.45, 2.75) is 26.4 Å². The van der Waals surface area contributed by atoms with Gasteiger partial charge in [-0.25, -0.2) is 4.98 Å². The molecule has 0 unspecified atom stereocenters. The first-order valence-corrected chi connectivity index (χ1v) is 7.62. The molecule has 0 bridgehead atoms. The van der Waals surface area contributed by atoms with Gasteiger partial charge in [-0.2, -0.15) is 11.3 Å². The van der Waals surface area contributed by atoms with Crippen LogP contribution < -0.4 is 5.32 Å². The molecule has 0 aliphatic carbocycles. The molecule has 1 aliphatic rings. The van der Waals surface area contributed by atoms with E-state index in [0.717, 1.165) is 49.1 Å². The summed E-state index contributed by atoms with van der Waals surface area (Å²) in [7, 11) is 0. The fraction of sp³-hybridized carbons (Fsp3) is 0.500. The lowest BCUT2D eigenvalue weighted by Gasteiger charge is -2.33. The van der Waals surface area contributed by atoms with Gasteiger partial charge in [0.15, 0.2) is 0 Å². The lowest BCUT2D eigenvalue weighted by Crippen LogP contribution is -2.49. The van der Waals surface area contributed by atoms with E-state index in [9.17, 15) is 0 Å². The van der Waals surface area contributed by atoms with E-state index in [-0.39, 0.29) is 24.8 Å². The summed E-state index contributed by atoms with van der Waals surface area (Å²) in [6.07, 6.45) is 0. The number of aryl methyl sites for hydroxylation is 1. The summed E-state index contributed by atoms with van der Waals surface area (Å²) in [5.41, 5.74) is 2.14. The van der Waals surface area contributed by atoms with Gasteiger partial charge in [-0.15, -0.1) is 24.8 Å². The third-order valence-electron chi connectivity index (χ3n) is 3.65. The van der Waals surface area contributed by atoms with Crippen LogP contribution in [0.5, 0.6) is 0 Å². The molecule has 0 radical (unpaired) electrons. The average Bonchev–Trinajstić information content (AvgIpc) is 3.02. The zero-order chi connectivity index (χ0) is 13.2. The van der Waals surface area contributed by atoms with Crippen LogP contribution in [0.15, 0.2) is 21.2 Å². The first kappa shape index (κ1) is 18.5. The lowest BCUT2D eigenvalue weighted by atomic mass is 10.2. The quantitative estimate of drug-likeness (QED) is 0.922. The number of piperazine rings is 1. The van der Waals surface area contributed by atoms with Crippen LogP contribution in [-0.4, -0.2) is 35.6 Å². The maximum Gasteiger partial charge on any atom is 0.227 e. The number of aromatic nitrogens is 1. The standard InChI is InChI=1S/C14H19N3OS.2ClH/c1-10-7-15-4-5-17(10)8-13-11(2)18-14(16-13)12-3-6-19-9-12;;/h3,6,9-10,15H,4-5,7-8H2,1-2H3;2*1H/t10-;;/m1../s1. The molecule has 3 heterocycles. The Morgan fingerprint density at radius 2 is 2.29 bits per heavy atom. The minimum atomic E-state index is 0. The second kappa shape index (κ2) is 8.15. The Hall–Kier alpha value is -0.590. The Labute approximate surface area is 141 Å². The van der Waals surface area contributed by atoms with Gasteiger partial charge >= 0.3 is 0 Å². The van der Waals surface area contributed by atoms with Crippen LogP contribution in [0, 0.1) is 6.92 Å². The van der Waals surface area contributed by atoms with E-state index in [1.54, 1.807) is 11.3 Å². The molecule has 2 aromatic heterocycles. The summed E-state index contributed by atoms with van der Waals surface area (Å²) in [5, 5.41) is 7.53. The molecule has 3 rings (SSSR count). The molecule has 1 N–H and O–H groups in total. The van der Waals surface area contributed by atoms with Crippen molar-refractivity contribution in [2.75, 3.05) is 19.6 Å². The lowest BCUT2D eigenvalue weighted by molar-refractivity contribution is 0.163. The molecular formula is C14H21Cl2N3OS. The van der Waals surface area contributed by atoms with Gasteiger partial charge in [-0.3, -0.25) is 4.90 Å². The van der Waals surface area contributed by atoms with Crippen LogP contribution in [0.3, 0.4) is 0 Å². The van der Waals surface area contributed by atoms with E-state index in [1.807, 2.05) is 18.4 Å². The molecule has 0 spiro atoms. The molecule has 7 heteroatoms. The zero-order valence-electron chi connectivity index (χ0n) is 12.2. The summed E-state index contributed by atoms with van der Waals surface area (Å²) >= 11 is 1.67. The van der Waals surface area contributed by atoms with Crippen molar-refractivity contribution in [2.24, 2.45) is 0 Å². The van der Waals surface area contributed by atoms with Crippen molar-refractivity contribution in [3.8, 4) is 11.5 Å². The molecule has 4 nitrogen and oxygen atoms in total. The fourth-order valence-electron chi connectivity index (χ4n) is 2.39. The second-order valence-corrected chi connectivity index (χ2v) is 5.84. The molecular weight excluding hydrogens is 329 g/mol. The van der Waals surface area contributed by atoms with Crippen molar-refractivity contribution in [1.29, 1.82) is 0 Å². The summed E-state index contributed by atoms with van der Waals surface area (Å²) in [6, 6.07) is 2.60. The Kier molecular flexibility index (Phi) is 7.16. The van der Waals surface area contributed by atoms with Gasteiger partial charge in [0.1, 0.15) is 5.76 Å². The topological polar surface area (TPSA) is 41.3 Å². The van der Waals surface area contributed by atoms with E-state index in [4.69, 9.17) is 4.42 Å². The van der Waals surface area contributed by atoms with E-state index < -0.39 is 0 Å². The van der Waals surface area contributed by atoms with Gasteiger partial charge in [0.2, 0.25) is 5.89 Å². The SMILES string of the molecule is Cc1oc(-c2ccsc2)nc1CN1CCNC[C@H]1C.Cl.Cl. The van der Waals surface area contributed by atoms with Crippen LogP contribution in [0.4, 0.5) is 0 Å². The molecule has 1 atom stereocenters. The maximum absolute atomic E-state index is 5.79. The van der Waals surface area contributed by atoms with Crippen LogP contribution in [0.2, 0.25) is 0 Å². The first-order chi connectivity index (χ1) is 9.24. The second-order valence-electron chi connectivity index (χ2n) is 5.06. The Bertz CT molecular complexity index is 544. The molecule has 0 amide bonds. The highest BCUT2D eigenvalue weighted by molar-refractivity contribution is 7.08. The van der Waals surface area contributed by atoms with Crippen LogP contribution >= 0.6 is 36.2 Å². The maximum atomic E-state index is 5.79. The molecule has 1 aliphatic heterocycles. The van der Waals surface area contributed by atoms with Crippen LogP contribution in [-0.2, 0) is 6.54 Å². The zero-order valence-corrected chi connectivity index (χ0v) is 14.6. The third-order valence-corrected chi connectivity index (χ3v) is 4.34. The van der Waals surface area contributed by atoms with Gasteiger partial charge in [-0.1, -0.05) is 0 Å². The van der Waals surface area contributed by atoms with Gasteiger partial charge in [0.05, 0.1) is 5.69 Å². The van der Waals surface area contributed by atoms with Crippen LogP contribution in [0.25, 0.3) is 11.5 Å². The normalized spacial score (nSPS) is 18.9. The van der Waals surface area contributed by atoms with Gasteiger partial charge < -0.3 is 9.73 Å². The van der Waals surface area contributed by atoms with Crippen molar-refractivity contribution in [1.82, 2.24) is 15.2 Å². The number of halogens is 2. The number of thiophene rings is 1. The largest absolute Gasteiger partial charge is 0.441 e. The van der Waals surface area contributed by atoms with E-state index in [0.29, 0.717) is 6.04 Å². The predicted octanol–water partition coefficient (Wildman–Crippen LogP) is 3.35. The van der Waals surface area contributed by atoms with Crippen molar-refractivity contribution < 1.29 is 4.42 Å². The van der Waals surface area contributed by atoms with Crippen molar-refractivity contribution >= 4 is 36.2 Å². The summed E-state index contributed by atoms with van der Waals surface area (Å²) < 4.78 is 5.79. The molecule has 2 aromatic rings. The average molecular weight is 350 g/mol. The molecule has 0 aromatic carbocycles. The van der Waals surface area contributed by atoms with Crippen molar-refractivity contribution in [3.05, 3.63) is 28.3 Å². The minimum Gasteiger partial charge on any atom is -0.441 e. The first-order valence-electron chi connectivity index (χ1n) is 6.67. The van der Waals surface area contributed by atoms with Gasteiger partial charge in [0.25, 0.3) is 0 Å². The molecule has 0 saturated carbocycles. The molecule has 21 heavy (non-hydrogen) atoms. The highest BCUT2D eigenvalue weighted by Crippen LogP contribution is 2.24. The van der Waals surface area contributed by atoms with E-state index >= 15 is 0 Å². The number of hydrogen-bond acceptors (Lipinski definition) is 5. The monoisotopic (exact) mass is 349 g/mol. The Balaban J connectivity index is 0.00000110. The third kappa shape index (κ3) is 4.20. The molecule has 1 saturated heterocycles. The summed E-state index contributed by atoms with van der Waals surface area (Å²) in [4.78, 5) is 7.12. The fourth-order valence-corrected chi connectivity index (χ4v) is 3.02. The van der Waals surface area contributed by atoms with Gasteiger partial charge in [0, 0.05) is 43.2 Å². The van der Waals surface area contributed by atoms with Crippen LogP contribution in [0.1, 0.15) is 18.4 Å².